The Balaban J connectivity index is 2.68. The van der Waals surface area contributed by atoms with Gasteiger partial charge < -0.3 is 14.7 Å². The molecule has 0 saturated heterocycles. The SMILES string of the molecule is C=CCN(CCO)C(=O)Cc1cccc(OC)c1. The maximum atomic E-state index is 12.0. The lowest BCUT2D eigenvalue weighted by Gasteiger charge is -2.20. The molecular weight excluding hydrogens is 230 g/mol. The predicted octanol–water partition coefficient (Wildman–Crippen LogP) is 1.24. The third-order valence-corrected chi connectivity index (χ3v) is 2.56. The minimum absolute atomic E-state index is 0.0304. The molecule has 1 N–H and O–H groups in total. The molecule has 0 radical (unpaired) electrons. The number of aliphatic hydroxyl groups is 1. The summed E-state index contributed by atoms with van der Waals surface area (Å²) in [5.41, 5.74) is 0.895. The van der Waals surface area contributed by atoms with Crippen molar-refractivity contribution in [3.63, 3.8) is 0 Å². The third-order valence-electron chi connectivity index (χ3n) is 2.56. The Labute approximate surface area is 107 Å². The second-order valence-corrected chi connectivity index (χ2v) is 3.88. The molecule has 1 rings (SSSR count). The van der Waals surface area contributed by atoms with Crippen molar-refractivity contribution >= 4 is 5.91 Å². The fourth-order valence-electron chi connectivity index (χ4n) is 1.66. The number of rotatable bonds is 7. The monoisotopic (exact) mass is 249 g/mol. The molecule has 4 heteroatoms. The first-order valence-corrected chi connectivity index (χ1v) is 5.83. The number of nitrogens with zero attached hydrogens (tertiary/aromatic N) is 1. The summed E-state index contributed by atoms with van der Waals surface area (Å²) in [6.07, 6.45) is 1.95. The summed E-state index contributed by atoms with van der Waals surface area (Å²) in [6.45, 7) is 4.34. The summed E-state index contributed by atoms with van der Waals surface area (Å²) >= 11 is 0. The highest BCUT2D eigenvalue weighted by atomic mass is 16.5. The maximum absolute atomic E-state index is 12.0. The fourth-order valence-corrected chi connectivity index (χ4v) is 1.66. The van der Waals surface area contributed by atoms with Crippen LogP contribution in [0.2, 0.25) is 0 Å². The highest BCUT2D eigenvalue weighted by Crippen LogP contribution is 2.13. The second kappa shape index (κ2) is 7.50. The Bertz CT molecular complexity index is 404. The quantitative estimate of drug-likeness (QED) is 0.740. The first kappa shape index (κ1) is 14.3. The van der Waals surface area contributed by atoms with Gasteiger partial charge in [0.1, 0.15) is 5.75 Å². The zero-order valence-corrected chi connectivity index (χ0v) is 10.6. The fraction of sp³-hybridized carbons (Fsp3) is 0.357. The normalized spacial score (nSPS) is 9.89. The van der Waals surface area contributed by atoms with Gasteiger partial charge >= 0.3 is 0 Å². The van der Waals surface area contributed by atoms with Crippen molar-refractivity contribution in [3.8, 4) is 5.75 Å². The minimum atomic E-state index is -0.0440. The number of ether oxygens (including phenoxy) is 1. The van der Waals surface area contributed by atoms with Crippen LogP contribution in [-0.4, -0.2) is 42.7 Å². The van der Waals surface area contributed by atoms with Crippen LogP contribution in [0, 0.1) is 0 Å². The number of benzene rings is 1. The van der Waals surface area contributed by atoms with E-state index in [-0.39, 0.29) is 12.5 Å². The van der Waals surface area contributed by atoms with E-state index in [1.807, 2.05) is 24.3 Å². The van der Waals surface area contributed by atoms with Crippen LogP contribution in [0.15, 0.2) is 36.9 Å². The molecule has 4 nitrogen and oxygen atoms in total. The van der Waals surface area contributed by atoms with Crippen molar-refractivity contribution in [1.82, 2.24) is 4.90 Å². The summed E-state index contributed by atoms with van der Waals surface area (Å²) in [7, 11) is 1.59. The van der Waals surface area contributed by atoms with Crippen LogP contribution < -0.4 is 4.74 Å². The van der Waals surface area contributed by atoms with Crippen LogP contribution in [0.4, 0.5) is 0 Å². The summed E-state index contributed by atoms with van der Waals surface area (Å²) in [4.78, 5) is 13.6. The summed E-state index contributed by atoms with van der Waals surface area (Å²) in [5, 5.41) is 8.91. The number of amides is 1. The summed E-state index contributed by atoms with van der Waals surface area (Å²) in [6, 6.07) is 7.41. The largest absolute Gasteiger partial charge is 0.497 e. The third kappa shape index (κ3) is 4.22. The van der Waals surface area contributed by atoms with Gasteiger partial charge in [-0.3, -0.25) is 4.79 Å². The molecule has 0 atom stereocenters. The Hall–Kier alpha value is -1.81. The molecule has 0 heterocycles. The van der Waals surface area contributed by atoms with Gasteiger partial charge in [-0.1, -0.05) is 18.2 Å². The van der Waals surface area contributed by atoms with Gasteiger partial charge in [0, 0.05) is 13.1 Å². The molecule has 18 heavy (non-hydrogen) atoms. The Morgan fingerprint density at radius 1 is 1.56 bits per heavy atom. The number of hydrogen-bond acceptors (Lipinski definition) is 3. The van der Waals surface area contributed by atoms with E-state index in [0.717, 1.165) is 11.3 Å². The average Bonchev–Trinajstić information content (AvgIpc) is 2.38. The van der Waals surface area contributed by atoms with Crippen LogP contribution in [0.25, 0.3) is 0 Å². The Morgan fingerprint density at radius 2 is 2.33 bits per heavy atom. The van der Waals surface area contributed by atoms with Crippen molar-refractivity contribution in [1.29, 1.82) is 0 Å². The van der Waals surface area contributed by atoms with Crippen molar-refractivity contribution in [3.05, 3.63) is 42.5 Å². The summed E-state index contributed by atoms with van der Waals surface area (Å²) < 4.78 is 5.11. The molecule has 1 amide bonds. The topological polar surface area (TPSA) is 49.8 Å². The van der Waals surface area contributed by atoms with Gasteiger partial charge in [-0.05, 0) is 17.7 Å². The Kier molecular flexibility index (Phi) is 5.94. The van der Waals surface area contributed by atoms with Crippen molar-refractivity contribution < 1.29 is 14.6 Å². The van der Waals surface area contributed by atoms with E-state index in [0.29, 0.717) is 19.5 Å². The molecule has 0 unspecified atom stereocenters. The van der Waals surface area contributed by atoms with E-state index in [4.69, 9.17) is 9.84 Å². The molecular formula is C14H19NO3. The molecule has 0 aliphatic rings. The molecule has 0 saturated carbocycles. The van der Waals surface area contributed by atoms with Gasteiger partial charge in [0.15, 0.2) is 0 Å². The van der Waals surface area contributed by atoms with Crippen LogP contribution in [0.1, 0.15) is 5.56 Å². The number of carbonyl (C=O) groups excluding carboxylic acids is 1. The van der Waals surface area contributed by atoms with E-state index >= 15 is 0 Å². The Morgan fingerprint density at radius 3 is 2.94 bits per heavy atom. The van der Waals surface area contributed by atoms with Gasteiger partial charge in [0.05, 0.1) is 20.1 Å². The zero-order chi connectivity index (χ0) is 13.4. The molecule has 0 bridgehead atoms. The lowest BCUT2D eigenvalue weighted by molar-refractivity contribution is -0.130. The second-order valence-electron chi connectivity index (χ2n) is 3.88. The van der Waals surface area contributed by atoms with Gasteiger partial charge in [0.25, 0.3) is 0 Å². The van der Waals surface area contributed by atoms with Gasteiger partial charge in [0.2, 0.25) is 5.91 Å². The molecule has 0 spiro atoms. The van der Waals surface area contributed by atoms with Crippen LogP contribution >= 0.6 is 0 Å². The molecule has 0 fully saturated rings. The molecule has 98 valence electrons. The van der Waals surface area contributed by atoms with Crippen LogP contribution in [-0.2, 0) is 11.2 Å². The van der Waals surface area contributed by atoms with Crippen LogP contribution in [0.3, 0.4) is 0 Å². The minimum Gasteiger partial charge on any atom is -0.497 e. The molecule has 0 aliphatic carbocycles. The van der Waals surface area contributed by atoms with Gasteiger partial charge in [-0.2, -0.15) is 0 Å². The number of aliphatic hydroxyl groups excluding tert-OH is 1. The van der Waals surface area contributed by atoms with Crippen molar-refractivity contribution in [2.45, 2.75) is 6.42 Å². The number of carbonyl (C=O) groups is 1. The highest BCUT2D eigenvalue weighted by molar-refractivity contribution is 5.79. The van der Waals surface area contributed by atoms with E-state index in [2.05, 4.69) is 6.58 Å². The zero-order valence-electron chi connectivity index (χ0n) is 10.6. The van der Waals surface area contributed by atoms with Gasteiger partial charge in [-0.25, -0.2) is 0 Å². The van der Waals surface area contributed by atoms with E-state index in [1.165, 1.54) is 0 Å². The lowest BCUT2D eigenvalue weighted by Crippen LogP contribution is -2.34. The molecule has 0 aliphatic heterocycles. The van der Waals surface area contributed by atoms with Gasteiger partial charge in [-0.15, -0.1) is 6.58 Å². The van der Waals surface area contributed by atoms with Crippen molar-refractivity contribution in [2.75, 3.05) is 26.8 Å². The predicted molar refractivity (Wildman–Crippen MR) is 70.6 cm³/mol. The standard InChI is InChI=1S/C14H19NO3/c1-3-7-15(8-9-16)14(17)11-12-5-4-6-13(10-12)18-2/h3-6,10,16H,1,7-9,11H2,2H3. The number of methoxy groups -OCH3 is 1. The smallest absolute Gasteiger partial charge is 0.227 e. The maximum Gasteiger partial charge on any atom is 0.227 e. The van der Waals surface area contributed by atoms with Crippen molar-refractivity contribution in [2.24, 2.45) is 0 Å². The highest BCUT2D eigenvalue weighted by Gasteiger charge is 2.12. The van der Waals surface area contributed by atoms with Crippen LogP contribution in [0.5, 0.6) is 5.75 Å². The molecule has 1 aromatic rings. The first-order chi connectivity index (χ1) is 8.71. The molecule has 0 aromatic heterocycles. The first-order valence-electron chi connectivity index (χ1n) is 5.83. The van der Waals surface area contributed by atoms with E-state index < -0.39 is 0 Å². The number of hydrogen-bond donors (Lipinski definition) is 1. The van der Waals surface area contributed by atoms with E-state index in [1.54, 1.807) is 18.1 Å². The lowest BCUT2D eigenvalue weighted by atomic mass is 10.1. The average molecular weight is 249 g/mol. The van der Waals surface area contributed by atoms with E-state index in [9.17, 15) is 4.79 Å². The summed E-state index contributed by atoms with van der Waals surface area (Å²) in [5.74, 6) is 0.704. The molecule has 1 aromatic carbocycles.